The van der Waals surface area contributed by atoms with Crippen molar-refractivity contribution in [1.29, 1.82) is 0 Å². The van der Waals surface area contributed by atoms with Gasteiger partial charge in [0.1, 0.15) is 5.76 Å². The zero-order valence-corrected chi connectivity index (χ0v) is 8.97. The van der Waals surface area contributed by atoms with Crippen LogP contribution in [0.3, 0.4) is 0 Å². The number of anilines is 1. The van der Waals surface area contributed by atoms with Crippen molar-refractivity contribution in [2.24, 2.45) is 5.29 Å². The van der Waals surface area contributed by atoms with Crippen LogP contribution in [-0.2, 0) is 6.54 Å². The zero-order chi connectivity index (χ0) is 11.5. The number of hydrogen-bond donors (Lipinski definition) is 1. The second-order valence-corrected chi connectivity index (χ2v) is 3.43. The second-order valence-electron chi connectivity index (χ2n) is 3.43. The molecule has 0 aromatic carbocycles. The summed E-state index contributed by atoms with van der Waals surface area (Å²) in [5, 5.41) is 10.5. The van der Waals surface area contributed by atoms with E-state index in [1.807, 2.05) is 13.8 Å². The molecule has 0 unspecified atom stereocenters. The summed E-state index contributed by atoms with van der Waals surface area (Å²) < 4.78 is 6.73. The van der Waals surface area contributed by atoms with Crippen molar-refractivity contribution in [3.63, 3.8) is 0 Å². The van der Waals surface area contributed by atoms with Crippen molar-refractivity contribution in [3.8, 4) is 0 Å². The van der Waals surface area contributed by atoms with Crippen molar-refractivity contribution in [1.82, 2.24) is 14.9 Å². The molecule has 0 bridgehead atoms. The molecule has 0 saturated carbocycles. The molecule has 0 aliphatic carbocycles. The molecule has 0 aliphatic heterocycles. The van der Waals surface area contributed by atoms with Crippen molar-refractivity contribution in [2.75, 3.05) is 5.43 Å². The summed E-state index contributed by atoms with van der Waals surface area (Å²) >= 11 is 0. The highest BCUT2D eigenvalue weighted by Crippen LogP contribution is 2.14. The Labute approximate surface area is 91.4 Å². The number of aryl methyl sites for hydroxylation is 2. The number of aromatic nitrogens is 3. The first-order valence-corrected chi connectivity index (χ1v) is 4.73. The van der Waals surface area contributed by atoms with Gasteiger partial charge in [0.15, 0.2) is 0 Å². The Bertz CT molecular complexity index is 482. The van der Waals surface area contributed by atoms with Crippen LogP contribution in [0.15, 0.2) is 22.2 Å². The molecular formula is C9H11N5O2. The number of nitrogens with one attached hydrogen (secondary N) is 1. The van der Waals surface area contributed by atoms with E-state index in [1.165, 1.54) is 6.20 Å². The summed E-state index contributed by atoms with van der Waals surface area (Å²) in [5.41, 5.74) is 4.68. The SMILES string of the molecule is Cc1noc(C)c1Cn1cc(NN=O)cn1. The first kappa shape index (κ1) is 10.3. The van der Waals surface area contributed by atoms with E-state index < -0.39 is 0 Å². The third-order valence-electron chi connectivity index (χ3n) is 2.31. The van der Waals surface area contributed by atoms with Crippen molar-refractivity contribution < 1.29 is 4.52 Å². The standard InChI is InChI=1S/C9H11N5O2/c1-6-9(7(2)16-12-6)5-14-4-8(3-10-14)11-13-15/h3-4H,5H2,1-2H3,(H,11,15). The van der Waals surface area contributed by atoms with Crippen LogP contribution in [0.1, 0.15) is 17.0 Å². The Kier molecular flexibility index (Phi) is 2.67. The van der Waals surface area contributed by atoms with Gasteiger partial charge in [-0.15, -0.1) is 4.91 Å². The van der Waals surface area contributed by atoms with E-state index >= 15 is 0 Å². The minimum absolute atomic E-state index is 0.557. The van der Waals surface area contributed by atoms with Crippen LogP contribution in [0.4, 0.5) is 5.69 Å². The molecule has 0 saturated heterocycles. The maximum absolute atomic E-state index is 9.99. The average Bonchev–Trinajstić information content (AvgIpc) is 2.81. The Morgan fingerprint density at radius 1 is 1.56 bits per heavy atom. The Morgan fingerprint density at radius 3 is 3.00 bits per heavy atom. The lowest BCUT2D eigenvalue weighted by atomic mass is 10.2. The fraction of sp³-hybridized carbons (Fsp3) is 0.333. The van der Waals surface area contributed by atoms with Gasteiger partial charge in [-0.3, -0.25) is 4.68 Å². The summed E-state index contributed by atoms with van der Waals surface area (Å²) in [7, 11) is 0. The minimum atomic E-state index is 0.557. The number of hydrogen-bond acceptors (Lipinski definition) is 5. The highest BCUT2D eigenvalue weighted by molar-refractivity contribution is 5.37. The summed E-state index contributed by atoms with van der Waals surface area (Å²) in [5.74, 6) is 0.774. The molecule has 0 aliphatic rings. The van der Waals surface area contributed by atoms with Crippen molar-refractivity contribution in [3.05, 3.63) is 34.3 Å². The highest BCUT2D eigenvalue weighted by atomic mass is 16.5. The fourth-order valence-corrected chi connectivity index (χ4v) is 1.45. The lowest BCUT2D eigenvalue weighted by Gasteiger charge is -1.99. The smallest absolute Gasteiger partial charge is 0.138 e. The van der Waals surface area contributed by atoms with Gasteiger partial charge in [0.05, 0.1) is 35.6 Å². The van der Waals surface area contributed by atoms with Crippen LogP contribution in [-0.4, -0.2) is 14.9 Å². The highest BCUT2D eigenvalue weighted by Gasteiger charge is 2.10. The van der Waals surface area contributed by atoms with Crippen LogP contribution < -0.4 is 5.43 Å². The molecule has 1 N–H and O–H groups in total. The topological polar surface area (TPSA) is 85.3 Å². The third-order valence-corrected chi connectivity index (χ3v) is 2.31. The van der Waals surface area contributed by atoms with Crippen molar-refractivity contribution in [2.45, 2.75) is 20.4 Å². The number of nitroso groups, excluding NO2 is 1. The van der Waals surface area contributed by atoms with Crippen LogP contribution in [0.5, 0.6) is 0 Å². The molecule has 16 heavy (non-hydrogen) atoms. The maximum Gasteiger partial charge on any atom is 0.138 e. The molecule has 2 rings (SSSR count). The molecule has 2 aromatic rings. The molecule has 0 atom stereocenters. The van der Waals surface area contributed by atoms with E-state index in [0.717, 1.165) is 17.0 Å². The molecule has 84 valence electrons. The molecule has 7 nitrogen and oxygen atoms in total. The fourth-order valence-electron chi connectivity index (χ4n) is 1.45. The lowest BCUT2D eigenvalue weighted by molar-refractivity contribution is 0.391. The first-order chi connectivity index (χ1) is 7.70. The first-order valence-electron chi connectivity index (χ1n) is 4.73. The summed E-state index contributed by atoms with van der Waals surface area (Å²) in [4.78, 5) is 9.99. The van der Waals surface area contributed by atoms with Gasteiger partial charge in [0.25, 0.3) is 0 Å². The largest absolute Gasteiger partial charge is 0.361 e. The molecule has 0 radical (unpaired) electrons. The normalized spacial score (nSPS) is 10.4. The predicted octanol–water partition coefficient (Wildman–Crippen LogP) is 1.63. The second kappa shape index (κ2) is 4.13. The van der Waals surface area contributed by atoms with Gasteiger partial charge in [0, 0.05) is 5.56 Å². The van der Waals surface area contributed by atoms with Gasteiger partial charge in [-0.25, -0.2) is 5.43 Å². The predicted molar refractivity (Wildman–Crippen MR) is 56.7 cm³/mol. The van der Waals surface area contributed by atoms with E-state index in [-0.39, 0.29) is 0 Å². The molecule has 2 heterocycles. The molecule has 0 fully saturated rings. The van der Waals surface area contributed by atoms with E-state index in [4.69, 9.17) is 4.52 Å². The number of rotatable bonds is 4. The molecule has 7 heteroatoms. The molecule has 0 amide bonds. The van der Waals surface area contributed by atoms with Gasteiger partial charge in [0.2, 0.25) is 0 Å². The van der Waals surface area contributed by atoms with Crippen molar-refractivity contribution >= 4 is 5.69 Å². The van der Waals surface area contributed by atoms with Gasteiger partial charge >= 0.3 is 0 Å². The van der Waals surface area contributed by atoms with Gasteiger partial charge in [-0.1, -0.05) is 5.16 Å². The quantitative estimate of drug-likeness (QED) is 0.626. The third kappa shape index (κ3) is 1.92. The van der Waals surface area contributed by atoms with Crippen LogP contribution >= 0.6 is 0 Å². The Balaban J connectivity index is 2.17. The monoisotopic (exact) mass is 221 g/mol. The Morgan fingerprint density at radius 2 is 2.38 bits per heavy atom. The van der Waals surface area contributed by atoms with E-state index in [1.54, 1.807) is 10.9 Å². The van der Waals surface area contributed by atoms with Gasteiger partial charge in [-0.05, 0) is 13.8 Å². The van der Waals surface area contributed by atoms with E-state index in [0.29, 0.717) is 12.2 Å². The number of nitrogens with zero attached hydrogens (tertiary/aromatic N) is 4. The summed E-state index contributed by atoms with van der Waals surface area (Å²) in [6.45, 7) is 4.29. The zero-order valence-electron chi connectivity index (χ0n) is 8.97. The molecule has 2 aromatic heterocycles. The lowest BCUT2D eigenvalue weighted by Crippen LogP contribution is -2.01. The van der Waals surface area contributed by atoms with E-state index in [2.05, 4.69) is 21.0 Å². The summed E-state index contributed by atoms with van der Waals surface area (Å²) in [6, 6.07) is 0. The average molecular weight is 221 g/mol. The van der Waals surface area contributed by atoms with Gasteiger partial charge < -0.3 is 4.52 Å². The van der Waals surface area contributed by atoms with Crippen LogP contribution in [0.2, 0.25) is 0 Å². The van der Waals surface area contributed by atoms with E-state index in [9.17, 15) is 4.91 Å². The van der Waals surface area contributed by atoms with Crippen LogP contribution in [0.25, 0.3) is 0 Å². The summed E-state index contributed by atoms with van der Waals surface area (Å²) in [6.07, 6.45) is 3.22. The van der Waals surface area contributed by atoms with Crippen LogP contribution in [0, 0.1) is 18.8 Å². The molecule has 0 spiro atoms. The minimum Gasteiger partial charge on any atom is -0.361 e. The molecular weight excluding hydrogens is 210 g/mol. The van der Waals surface area contributed by atoms with Gasteiger partial charge in [-0.2, -0.15) is 5.10 Å². The maximum atomic E-state index is 9.99. The Hall–Kier alpha value is -2.18.